The van der Waals surface area contributed by atoms with Gasteiger partial charge in [-0.3, -0.25) is 4.79 Å². The molecule has 144 valence electrons. The van der Waals surface area contributed by atoms with Crippen LogP contribution < -0.4 is 14.8 Å². The molecule has 1 N–H and O–H groups in total. The smallest absolute Gasteiger partial charge is 0.262 e. The van der Waals surface area contributed by atoms with E-state index in [1.807, 2.05) is 50.3 Å². The van der Waals surface area contributed by atoms with Gasteiger partial charge in [0.1, 0.15) is 6.33 Å². The van der Waals surface area contributed by atoms with Gasteiger partial charge in [0.05, 0.1) is 12.8 Å². The van der Waals surface area contributed by atoms with Crippen LogP contribution in [-0.2, 0) is 4.79 Å². The minimum absolute atomic E-state index is 0.132. The van der Waals surface area contributed by atoms with Gasteiger partial charge >= 0.3 is 0 Å². The maximum Gasteiger partial charge on any atom is 0.262 e. The van der Waals surface area contributed by atoms with Crippen LogP contribution >= 0.6 is 0 Å². The fraction of sp³-hybridized carbons (Fsp3) is 0.200. The Kier molecular flexibility index (Phi) is 6.01. The number of carbonyl (C=O) groups excluding carboxylic acids is 1. The van der Waals surface area contributed by atoms with Gasteiger partial charge in [0.2, 0.25) is 0 Å². The summed E-state index contributed by atoms with van der Waals surface area (Å²) in [6.07, 6.45) is 5.42. The summed E-state index contributed by atoms with van der Waals surface area (Å²) in [5, 5.41) is 13.9. The number of benzene rings is 2. The predicted molar refractivity (Wildman–Crippen MR) is 106 cm³/mol. The van der Waals surface area contributed by atoms with Crippen molar-refractivity contribution >= 4 is 17.7 Å². The second kappa shape index (κ2) is 8.81. The average molecular weight is 379 g/mol. The molecule has 8 heteroatoms. The molecule has 28 heavy (non-hydrogen) atoms. The van der Waals surface area contributed by atoms with Crippen molar-refractivity contribution in [2.75, 3.05) is 19.0 Å². The topological polar surface area (TPSA) is 91.2 Å². The van der Waals surface area contributed by atoms with Crippen molar-refractivity contribution in [3.8, 4) is 17.2 Å². The first-order valence-corrected chi connectivity index (χ1v) is 8.68. The van der Waals surface area contributed by atoms with E-state index in [1.54, 1.807) is 23.9 Å². The van der Waals surface area contributed by atoms with E-state index in [0.29, 0.717) is 17.2 Å². The van der Waals surface area contributed by atoms with Crippen molar-refractivity contribution in [3.63, 3.8) is 0 Å². The van der Waals surface area contributed by atoms with Crippen LogP contribution in [0.4, 0.5) is 5.69 Å². The standard InChI is InChI=1S/C20H21N5O3/c1-4-5-15-6-9-18(19(11-15)27-3)28-12-20(26)22-16-7-8-17(14(2)10-16)25-13-21-23-24-25/h4-11,13H,12H2,1-3H3,(H,22,26)/b5-4+. The molecule has 3 aromatic rings. The van der Waals surface area contributed by atoms with Gasteiger partial charge in [0.15, 0.2) is 18.1 Å². The molecule has 8 nitrogen and oxygen atoms in total. The fourth-order valence-electron chi connectivity index (χ4n) is 2.70. The lowest BCUT2D eigenvalue weighted by molar-refractivity contribution is -0.118. The van der Waals surface area contributed by atoms with Crippen molar-refractivity contribution in [1.82, 2.24) is 20.2 Å². The number of ether oxygens (including phenoxy) is 2. The summed E-state index contributed by atoms with van der Waals surface area (Å²) in [5.41, 5.74) is 3.42. The van der Waals surface area contributed by atoms with E-state index in [2.05, 4.69) is 20.8 Å². The van der Waals surface area contributed by atoms with Crippen LogP contribution in [0.5, 0.6) is 11.5 Å². The first kappa shape index (κ1) is 19.1. The number of aryl methyl sites for hydroxylation is 1. The number of nitrogens with one attached hydrogen (secondary N) is 1. The maximum atomic E-state index is 12.3. The third-order valence-corrected chi connectivity index (χ3v) is 3.98. The van der Waals surface area contributed by atoms with Gasteiger partial charge in [0.25, 0.3) is 5.91 Å². The molecule has 0 aliphatic rings. The van der Waals surface area contributed by atoms with Gasteiger partial charge in [0, 0.05) is 5.69 Å². The highest BCUT2D eigenvalue weighted by Crippen LogP contribution is 2.28. The van der Waals surface area contributed by atoms with Crippen LogP contribution in [0.2, 0.25) is 0 Å². The number of tetrazole rings is 1. The van der Waals surface area contributed by atoms with Gasteiger partial charge in [-0.25, -0.2) is 4.68 Å². The van der Waals surface area contributed by atoms with Crippen molar-refractivity contribution in [3.05, 3.63) is 59.9 Å². The number of hydrogen-bond acceptors (Lipinski definition) is 6. The van der Waals surface area contributed by atoms with Gasteiger partial charge < -0.3 is 14.8 Å². The van der Waals surface area contributed by atoms with Gasteiger partial charge in [-0.1, -0.05) is 18.2 Å². The summed E-state index contributed by atoms with van der Waals surface area (Å²) in [4.78, 5) is 12.3. The Labute approximate surface area is 162 Å². The number of rotatable bonds is 7. The zero-order valence-electron chi connectivity index (χ0n) is 15.9. The first-order valence-electron chi connectivity index (χ1n) is 8.68. The quantitative estimate of drug-likeness (QED) is 0.678. The highest BCUT2D eigenvalue weighted by molar-refractivity contribution is 5.92. The number of carbonyl (C=O) groups is 1. The zero-order chi connectivity index (χ0) is 19.9. The van der Waals surface area contributed by atoms with E-state index in [1.165, 1.54) is 6.33 Å². The number of aromatic nitrogens is 4. The Morgan fingerprint density at radius 3 is 2.75 bits per heavy atom. The fourth-order valence-corrected chi connectivity index (χ4v) is 2.70. The number of amides is 1. The van der Waals surface area contributed by atoms with Gasteiger partial charge in [-0.2, -0.15) is 0 Å². The molecule has 0 spiro atoms. The molecule has 2 aromatic carbocycles. The lowest BCUT2D eigenvalue weighted by Gasteiger charge is -2.12. The predicted octanol–water partition coefficient (Wildman–Crippen LogP) is 3.03. The highest BCUT2D eigenvalue weighted by atomic mass is 16.5. The lowest BCUT2D eigenvalue weighted by atomic mass is 10.2. The number of allylic oxidation sites excluding steroid dienone is 1. The first-order chi connectivity index (χ1) is 13.6. The minimum atomic E-state index is -0.269. The van der Waals surface area contributed by atoms with Crippen LogP contribution in [0.25, 0.3) is 11.8 Å². The lowest BCUT2D eigenvalue weighted by Crippen LogP contribution is -2.20. The monoisotopic (exact) mass is 379 g/mol. The molecule has 0 aliphatic heterocycles. The number of hydrogen-bond donors (Lipinski definition) is 1. The third-order valence-electron chi connectivity index (χ3n) is 3.98. The third kappa shape index (κ3) is 4.53. The summed E-state index contributed by atoms with van der Waals surface area (Å²) < 4.78 is 12.5. The van der Waals surface area contributed by atoms with Crippen molar-refractivity contribution in [2.24, 2.45) is 0 Å². The van der Waals surface area contributed by atoms with E-state index in [-0.39, 0.29) is 12.5 Å². The van der Waals surface area contributed by atoms with Crippen LogP contribution in [0, 0.1) is 6.92 Å². The minimum Gasteiger partial charge on any atom is -0.493 e. The summed E-state index contributed by atoms with van der Waals surface area (Å²) in [6, 6.07) is 11.0. The molecule has 0 atom stereocenters. The Bertz CT molecular complexity index is 984. The molecule has 1 aromatic heterocycles. The second-order valence-corrected chi connectivity index (χ2v) is 6.00. The highest BCUT2D eigenvalue weighted by Gasteiger charge is 2.10. The van der Waals surface area contributed by atoms with Crippen molar-refractivity contribution in [1.29, 1.82) is 0 Å². The molecule has 1 amide bonds. The Balaban J connectivity index is 1.62. The van der Waals surface area contributed by atoms with Crippen LogP contribution in [-0.4, -0.2) is 39.8 Å². The summed E-state index contributed by atoms with van der Waals surface area (Å²) in [6.45, 7) is 3.73. The van der Waals surface area contributed by atoms with Crippen LogP contribution in [0.15, 0.2) is 48.8 Å². The van der Waals surface area contributed by atoms with Crippen molar-refractivity contribution in [2.45, 2.75) is 13.8 Å². The molecule has 3 rings (SSSR count). The normalized spacial score (nSPS) is 10.8. The average Bonchev–Trinajstić information content (AvgIpc) is 3.21. The largest absolute Gasteiger partial charge is 0.493 e. The summed E-state index contributed by atoms with van der Waals surface area (Å²) >= 11 is 0. The molecule has 0 saturated heterocycles. The van der Waals surface area contributed by atoms with E-state index in [4.69, 9.17) is 9.47 Å². The van der Waals surface area contributed by atoms with Gasteiger partial charge in [-0.05, 0) is 65.7 Å². The molecule has 0 radical (unpaired) electrons. The van der Waals surface area contributed by atoms with E-state index >= 15 is 0 Å². The summed E-state index contributed by atoms with van der Waals surface area (Å²) in [7, 11) is 1.57. The van der Waals surface area contributed by atoms with Gasteiger partial charge in [-0.15, -0.1) is 5.10 Å². The van der Waals surface area contributed by atoms with E-state index in [9.17, 15) is 4.79 Å². The molecular weight excluding hydrogens is 358 g/mol. The SMILES string of the molecule is C/C=C/c1ccc(OCC(=O)Nc2ccc(-n3cnnn3)c(C)c2)c(OC)c1. The molecule has 1 heterocycles. The molecule has 0 fully saturated rings. The number of anilines is 1. The number of nitrogens with zero attached hydrogens (tertiary/aromatic N) is 4. The summed E-state index contributed by atoms with van der Waals surface area (Å²) in [5.74, 6) is 0.815. The van der Waals surface area contributed by atoms with E-state index in [0.717, 1.165) is 16.8 Å². The Morgan fingerprint density at radius 1 is 1.21 bits per heavy atom. The maximum absolute atomic E-state index is 12.3. The van der Waals surface area contributed by atoms with E-state index < -0.39 is 0 Å². The molecule has 0 aliphatic carbocycles. The second-order valence-electron chi connectivity index (χ2n) is 6.00. The molecule has 0 unspecified atom stereocenters. The van der Waals surface area contributed by atoms with Crippen LogP contribution in [0.1, 0.15) is 18.1 Å². The molecule has 0 bridgehead atoms. The van der Waals surface area contributed by atoms with Crippen LogP contribution in [0.3, 0.4) is 0 Å². The number of methoxy groups -OCH3 is 1. The Hall–Kier alpha value is -3.68. The molecule has 0 saturated carbocycles. The molecular formula is C20H21N5O3. The van der Waals surface area contributed by atoms with Crippen molar-refractivity contribution < 1.29 is 14.3 Å². The zero-order valence-corrected chi connectivity index (χ0v) is 15.9. The Morgan fingerprint density at radius 2 is 2.07 bits per heavy atom.